The van der Waals surface area contributed by atoms with Crippen molar-refractivity contribution in [3.05, 3.63) is 59.2 Å². The van der Waals surface area contributed by atoms with Crippen LogP contribution in [0.2, 0.25) is 0 Å². The molecule has 20 heavy (non-hydrogen) atoms. The van der Waals surface area contributed by atoms with E-state index in [1.807, 2.05) is 13.0 Å². The molecule has 1 aliphatic heterocycles. The first-order chi connectivity index (χ1) is 9.70. The molecule has 1 atom stereocenters. The number of anilines is 2. The van der Waals surface area contributed by atoms with Crippen molar-refractivity contribution in [3.63, 3.8) is 0 Å². The number of carbonyl (C=O) groups excluding carboxylic acids is 1. The van der Waals surface area contributed by atoms with Gasteiger partial charge in [-0.05, 0) is 62.1 Å². The number of para-hydroxylation sites is 1. The molecule has 2 aromatic carbocycles. The number of nitrogens with zero attached hydrogens (tertiary/aromatic N) is 1. The minimum Gasteiger partial charge on any atom is -0.338 e. The zero-order chi connectivity index (χ0) is 14.1. The van der Waals surface area contributed by atoms with Crippen LogP contribution < -0.4 is 4.90 Å². The van der Waals surface area contributed by atoms with Crippen LogP contribution in [0.1, 0.15) is 34.8 Å². The van der Waals surface area contributed by atoms with Crippen LogP contribution in [-0.2, 0) is 6.42 Å². The lowest BCUT2D eigenvalue weighted by Crippen LogP contribution is -2.33. The molecule has 0 N–H and O–H groups in total. The van der Waals surface area contributed by atoms with Gasteiger partial charge in [-0.15, -0.1) is 0 Å². The monoisotopic (exact) mass is 265 g/mol. The van der Waals surface area contributed by atoms with Crippen molar-refractivity contribution in [2.45, 2.75) is 32.7 Å². The van der Waals surface area contributed by atoms with Gasteiger partial charge < -0.3 is 4.90 Å². The van der Waals surface area contributed by atoms with E-state index in [4.69, 9.17) is 0 Å². The molecule has 3 rings (SSSR count). The summed E-state index contributed by atoms with van der Waals surface area (Å²) in [5, 5.41) is 0. The second kappa shape index (κ2) is 5.12. The molecule has 0 spiro atoms. The summed E-state index contributed by atoms with van der Waals surface area (Å²) in [5.41, 5.74) is 5.68. The zero-order valence-corrected chi connectivity index (χ0v) is 12.0. The van der Waals surface area contributed by atoms with E-state index in [9.17, 15) is 4.79 Å². The Balaban J connectivity index is 2.09. The highest BCUT2D eigenvalue weighted by Crippen LogP contribution is 2.37. The molecular weight excluding hydrogens is 246 g/mol. The van der Waals surface area contributed by atoms with Gasteiger partial charge in [0.25, 0.3) is 0 Å². The average Bonchev–Trinajstić information content (AvgIpc) is 2.47. The molecule has 0 aliphatic carbocycles. The second-order valence-corrected chi connectivity index (χ2v) is 5.55. The third-order valence-corrected chi connectivity index (χ3v) is 4.18. The van der Waals surface area contributed by atoms with Gasteiger partial charge in [0.15, 0.2) is 0 Å². The van der Waals surface area contributed by atoms with Crippen molar-refractivity contribution >= 4 is 17.7 Å². The number of fused-ring (bicyclic) bond motifs is 1. The van der Waals surface area contributed by atoms with E-state index in [0.29, 0.717) is 6.04 Å². The van der Waals surface area contributed by atoms with Crippen LogP contribution in [0.25, 0.3) is 0 Å². The van der Waals surface area contributed by atoms with Crippen LogP contribution >= 0.6 is 0 Å². The van der Waals surface area contributed by atoms with Crippen LogP contribution in [0.5, 0.6) is 0 Å². The van der Waals surface area contributed by atoms with Crippen molar-refractivity contribution in [3.8, 4) is 0 Å². The zero-order valence-electron chi connectivity index (χ0n) is 12.0. The first-order valence-corrected chi connectivity index (χ1v) is 7.13. The summed E-state index contributed by atoms with van der Waals surface area (Å²) in [6.45, 7) is 4.26. The number of carbonyl (C=O) groups is 1. The normalized spacial score (nSPS) is 17.7. The molecule has 2 aromatic rings. The summed E-state index contributed by atoms with van der Waals surface area (Å²) in [6, 6.07) is 15.2. The first-order valence-electron chi connectivity index (χ1n) is 7.13. The summed E-state index contributed by atoms with van der Waals surface area (Å²) >= 11 is 0. The highest BCUT2D eigenvalue weighted by Gasteiger charge is 2.24. The van der Waals surface area contributed by atoms with Crippen molar-refractivity contribution in [1.82, 2.24) is 0 Å². The van der Waals surface area contributed by atoms with Gasteiger partial charge >= 0.3 is 0 Å². The fourth-order valence-corrected chi connectivity index (χ4v) is 3.02. The van der Waals surface area contributed by atoms with Gasteiger partial charge in [-0.2, -0.15) is 0 Å². The molecule has 0 amide bonds. The molecule has 0 saturated carbocycles. The fraction of sp³-hybridized carbons (Fsp3) is 0.278. The molecule has 2 nitrogen and oxygen atoms in total. The highest BCUT2D eigenvalue weighted by atomic mass is 16.1. The Labute approximate surface area is 120 Å². The quantitative estimate of drug-likeness (QED) is 0.755. The first kappa shape index (κ1) is 12.9. The van der Waals surface area contributed by atoms with Crippen LogP contribution in [0.3, 0.4) is 0 Å². The molecule has 0 fully saturated rings. The molecule has 0 radical (unpaired) electrons. The Kier molecular flexibility index (Phi) is 3.31. The summed E-state index contributed by atoms with van der Waals surface area (Å²) in [6.07, 6.45) is 3.22. The fourth-order valence-electron chi connectivity index (χ4n) is 3.02. The number of rotatable bonds is 2. The standard InChI is InChI=1S/C18H19NO/c1-13-11-17(10-9-16(13)12-20)19-14(2)7-8-15-5-3-4-6-18(15)19/h3-6,9-12,14H,7-8H2,1-2H3. The van der Waals surface area contributed by atoms with Crippen LogP contribution in [0.4, 0.5) is 11.4 Å². The predicted octanol–water partition coefficient (Wildman–Crippen LogP) is 4.28. The topological polar surface area (TPSA) is 20.3 Å². The maximum Gasteiger partial charge on any atom is 0.150 e. The molecule has 102 valence electrons. The van der Waals surface area contributed by atoms with E-state index >= 15 is 0 Å². The number of hydrogen-bond acceptors (Lipinski definition) is 2. The van der Waals surface area contributed by atoms with Crippen LogP contribution in [-0.4, -0.2) is 12.3 Å². The van der Waals surface area contributed by atoms with Crippen LogP contribution in [0, 0.1) is 6.92 Å². The number of aldehydes is 1. The van der Waals surface area contributed by atoms with Gasteiger partial charge in [0.1, 0.15) is 6.29 Å². The largest absolute Gasteiger partial charge is 0.338 e. The second-order valence-electron chi connectivity index (χ2n) is 5.55. The molecule has 1 aliphatic rings. The molecule has 0 bridgehead atoms. The van der Waals surface area contributed by atoms with E-state index in [1.54, 1.807) is 0 Å². The van der Waals surface area contributed by atoms with Crippen molar-refractivity contribution in [2.24, 2.45) is 0 Å². The molecule has 1 unspecified atom stereocenters. The minimum absolute atomic E-state index is 0.478. The molecule has 1 heterocycles. The number of hydrogen-bond donors (Lipinski definition) is 0. The maximum atomic E-state index is 11.0. The Morgan fingerprint density at radius 3 is 2.75 bits per heavy atom. The van der Waals surface area contributed by atoms with E-state index in [-0.39, 0.29) is 0 Å². The Morgan fingerprint density at radius 2 is 2.00 bits per heavy atom. The van der Waals surface area contributed by atoms with Crippen molar-refractivity contribution in [1.29, 1.82) is 0 Å². The Morgan fingerprint density at radius 1 is 1.20 bits per heavy atom. The minimum atomic E-state index is 0.478. The van der Waals surface area contributed by atoms with Crippen LogP contribution in [0.15, 0.2) is 42.5 Å². The van der Waals surface area contributed by atoms with Crippen molar-refractivity contribution in [2.75, 3.05) is 4.90 Å². The van der Waals surface area contributed by atoms with E-state index < -0.39 is 0 Å². The Hall–Kier alpha value is -2.09. The summed E-state index contributed by atoms with van der Waals surface area (Å²) in [4.78, 5) is 13.4. The highest BCUT2D eigenvalue weighted by molar-refractivity contribution is 5.79. The van der Waals surface area contributed by atoms with E-state index in [2.05, 4.69) is 48.2 Å². The predicted molar refractivity (Wildman–Crippen MR) is 82.9 cm³/mol. The van der Waals surface area contributed by atoms with E-state index in [0.717, 1.165) is 30.3 Å². The third kappa shape index (κ3) is 2.11. The summed E-state index contributed by atoms with van der Waals surface area (Å²) in [5.74, 6) is 0. The van der Waals surface area contributed by atoms with Gasteiger partial charge in [-0.3, -0.25) is 4.79 Å². The lowest BCUT2D eigenvalue weighted by atomic mass is 9.95. The van der Waals surface area contributed by atoms with E-state index in [1.165, 1.54) is 16.9 Å². The SMILES string of the molecule is Cc1cc(N2c3ccccc3CCC2C)ccc1C=O. The summed E-state index contributed by atoms with van der Waals surface area (Å²) < 4.78 is 0. The van der Waals surface area contributed by atoms with Gasteiger partial charge in [0.2, 0.25) is 0 Å². The van der Waals surface area contributed by atoms with Gasteiger partial charge in [0.05, 0.1) is 0 Å². The molecular formula is C18H19NO. The van der Waals surface area contributed by atoms with Gasteiger partial charge in [0, 0.05) is 23.0 Å². The van der Waals surface area contributed by atoms with Crippen molar-refractivity contribution < 1.29 is 4.79 Å². The molecule has 2 heteroatoms. The lowest BCUT2D eigenvalue weighted by Gasteiger charge is -2.37. The lowest BCUT2D eigenvalue weighted by molar-refractivity contribution is 0.112. The Bertz CT molecular complexity index is 648. The average molecular weight is 265 g/mol. The smallest absolute Gasteiger partial charge is 0.150 e. The summed E-state index contributed by atoms with van der Waals surface area (Å²) in [7, 11) is 0. The van der Waals surface area contributed by atoms with Gasteiger partial charge in [-0.25, -0.2) is 0 Å². The molecule has 0 aromatic heterocycles. The third-order valence-electron chi connectivity index (χ3n) is 4.18. The number of aryl methyl sites for hydroxylation is 2. The van der Waals surface area contributed by atoms with Gasteiger partial charge in [-0.1, -0.05) is 18.2 Å². The molecule has 0 saturated heterocycles. The number of benzene rings is 2. The maximum absolute atomic E-state index is 11.0.